The number of carboxylic acids is 1. The molecule has 13 aliphatic rings. The minimum absolute atomic E-state index is 0.0689. The Kier molecular flexibility index (Phi) is 33.4. The molecule has 0 saturated carbocycles. The van der Waals surface area contributed by atoms with Crippen LogP contribution in [0, 0.1) is 0 Å². The van der Waals surface area contributed by atoms with Gasteiger partial charge in [0, 0.05) is 188 Å². The van der Waals surface area contributed by atoms with Crippen LogP contribution in [0.2, 0.25) is 0 Å². The second-order valence-corrected chi connectivity index (χ2v) is 42.8. The van der Waals surface area contributed by atoms with Crippen molar-refractivity contribution in [3.63, 3.8) is 0 Å². The molecular weight excluding hydrogens is 1870 g/mol. The van der Waals surface area contributed by atoms with Gasteiger partial charge in [0.1, 0.15) is 22.4 Å². The summed E-state index contributed by atoms with van der Waals surface area (Å²) >= 11 is 0. The van der Waals surface area contributed by atoms with E-state index in [1.807, 2.05) is 263 Å². The van der Waals surface area contributed by atoms with E-state index in [1.54, 1.807) is 71.9 Å². The van der Waals surface area contributed by atoms with Crippen molar-refractivity contribution in [1.29, 1.82) is 0 Å². The third-order valence-electron chi connectivity index (χ3n) is 27.2. The molecule has 9 saturated heterocycles. The van der Waals surface area contributed by atoms with E-state index in [0.717, 1.165) is 165 Å². The van der Waals surface area contributed by atoms with E-state index in [2.05, 4.69) is 43.0 Å². The summed E-state index contributed by atoms with van der Waals surface area (Å²) in [6, 6.07) is 75.5. The minimum atomic E-state index is -0.894. The van der Waals surface area contributed by atoms with Crippen LogP contribution >= 0.6 is 0 Å². The van der Waals surface area contributed by atoms with Crippen LogP contribution in [0.5, 0.6) is 0 Å². The number of rotatable bonds is 13. The first-order valence-electron chi connectivity index (χ1n) is 50.1. The van der Waals surface area contributed by atoms with Gasteiger partial charge in [-0.2, -0.15) is 0 Å². The van der Waals surface area contributed by atoms with E-state index in [0.29, 0.717) is 79.9 Å². The number of nitrogens with zero attached hydrogens (tertiary/aromatic N) is 12. The van der Waals surface area contributed by atoms with Crippen molar-refractivity contribution in [3.05, 3.63) is 297 Å². The van der Waals surface area contributed by atoms with Crippen LogP contribution in [0.4, 0.5) is 19.2 Å². The smallest absolute Gasteiger partial charge is 0.411 e. The summed E-state index contributed by atoms with van der Waals surface area (Å²) in [5.74, 6) is -0.587. The Labute approximate surface area is 858 Å². The molecule has 774 valence electrons. The lowest BCUT2D eigenvalue weighted by Crippen LogP contribution is -2.70. The molecule has 13 heterocycles. The van der Waals surface area contributed by atoms with Crippen LogP contribution in [0.1, 0.15) is 188 Å². The summed E-state index contributed by atoms with van der Waals surface area (Å²) in [6.07, 6.45) is -0.563. The average Bonchev–Trinajstić information content (AvgIpc) is 1.66. The Morgan fingerprint density at radius 3 is 0.918 bits per heavy atom. The van der Waals surface area contributed by atoms with Gasteiger partial charge in [-0.05, 0) is 182 Å². The zero-order valence-corrected chi connectivity index (χ0v) is 85.9. The highest BCUT2D eigenvalue weighted by molar-refractivity contribution is 6.02. The third-order valence-corrected chi connectivity index (χ3v) is 27.2. The van der Waals surface area contributed by atoms with Crippen LogP contribution in [0.3, 0.4) is 0 Å². The molecule has 147 heavy (non-hydrogen) atoms. The lowest BCUT2D eigenvalue weighted by atomic mass is 9.97. The summed E-state index contributed by atoms with van der Waals surface area (Å²) in [6.45, 7) is 38.7. The zero-order valence-electron chi connectivity index (χ0n) is 85.9. The fourth-order valence-electron chi connectivity index (χ4n) is 18.7. The SMILES string of the molecule is CC(C)(C)OC(=O)N1CC(=O)C1.CC(C)(C)OC(=O)N1CC(N)C1.CC(C)(C)OC(=O)N1CC(N2CC(N3Cc4ccccc4C3=O)C2)C1.CC(C)(C)OC(=O)N1CC(N2Cc3ccccc3C2=O)C1.COC(=O)c1ccccc1C=O.O=C(O)c1ccc(-c2ccccc2)cc1.O=C(c1ccc(-c2ccccc2)cc1)N1CC(N2CC(N3Cc4ccccc4C3=O)C2)C1.O=C1c2ccccc2CN1C1CN(C2CNC2)C1. The maximum Gasteiger partial charge on any atom is 0.411 e. The summed E-state index contributed by atoms with van der Waals surface area (Å²) < 4.78 is 25.3. The predicted octanol–water partition coefficient (Wildman–Crippen LogP) is 13.7. The average molecular weight is 2000 g/mol. The number of methoxy groups -OCH3 is 1. The van der Waals surface area contributed by atoms with E-state index in [-0.39, 0.29) is 90.9 Å². The molecule has 9 fully saturated rings. The number of nitrogens with two attached hydrogens (primary N) is 1. The second-order valence-electron chi connectivity index (χ2n) is 42.8. The van der Waals surface area contributed by atoms with Gasteiger partial charge in [-0.3, -0.25) is 53.2 Å². The molecule has 22 rings (SSSR count). The number of benzene rings is 9. The Morgan fingerprint density at radius 1 is 0.327 bits per heavy atom. The Balaban J connectivity index is 0.000000129. The number of hydrogen-bond donors (Lipinski definition) is 3. The normalized spacial score (nSPS) is 18.2. The number of nitrogens with one attached hydrogen (secondary N) is 1. The van der Waals surface area contributed by atoms with Crippen LogP contribution in [-0.4, -0.2) is 337 Å². The highest BCUT2D eigenvalue weighted by Crippen LogP contribution is 2.37. The number of Topliss-reactive ketones (excluding diaryl/α,β-unsaturated/α-hetero) is 1. The number of aldehydes is 1. The van der Waals surface area contributed by atoms with E-state index >= 15 is 0 Å². The molecule has 0 atom stereocenters. The van der Waals surface area contributed by atoms with Gasteiger partial charge in [-0.15, -0.1) is 0 Å². The standard InChI is InChI=1S/C27H25N3O2.C19H25N3O3.C16H20N2O3.C14H17N3O.C13H10O2.C9H8O3.C8H16N2O2.C8H13NO3/c31-26(21-12-10-20(11-13-21)19-6-2-1-3-7-19)29-15-23(16-29)28-17-24(18-28)30-14-22-8-4-5-9-25(22)27(30)32;1-19(2,3)25-18(24)21-9-14(10-21)20-11-15(12-20)22-8-13-6-4-5-7-16(13)17(22)23;1-16(2,3)21-15(20)17-9-12(10-17)18-8-11-6-4-5-7-13(11)14(18)19;18-14-13-4-2-1-3-10(13)7-17(14)12-8-16(9-12)11-5-15-6-11;14-13(15)12-8-6-11(7-9-12)10-4-2-1-3-5-10;1-12-9(11)8-5-3-2-4-7(8)6-10;1-8(2,3)12-7(11)10-4-6(9)5-10;1-8(2,3)12-7(11)9-4-6(10)5-9/h1-13,23-24H,14-18H2;4-7,14-15H,8-12H2,1-3H3;4-7,12H,8-10H2,1-3H3;1-4,11-12,15H,5-9H2;1-9H,(H,14,15);2-6H,1H3;6H,4-5,9H2,1-3H3;4-5H2,1-3H3. The molecule has 33 nitrogen and oxygen atoms in total. The highest BCUT2D eigenvalue weighted by Gasteiger charge is 2.50. The van der Waals surface area contributed by atoms with Crippen molar-refractivity contribution in [2.24, 2.45) is 5.73 Å². The number of likely N-dealkylation sites (tertiary alicyclic amines) is 8. The lowest BCUT2D eigenvalue weighted by molar-refractivity contribution is -0.128. The first-order valence-corrected chi connectivity index (χ1v) is 50.1. The van der Waals surface area contributed by atoms with Crippen molar-refractivity contribution in [1.82, 2.24) is 64.1 Å². The van der Waals surface area contributed by atoms with Gasteiger partial charge in [0.25, 0.3) is 29.5 Å². The van der Waals surface area contributed by atoms with Gasteiger partial charge in [0.2, 0.25) is 0 Å². The van der Waals surface area contributed by atoms with Gasteiger partial charge in [0.05, 0.1) is 55.5 Å². The van der Waals surface area contributed by atoms with Crippen molar-refractivity contribution in [2.75, 3.05) is 125 Å². The zero-order chi connectivity index (χ0) is 105. The third kappa shape index (κ3) is 26.9. The van der Waals surface area contributed by atoms with Crippen LogP contribution in [-0.2, 0) is 54.7 Å². The molecule has 9 aromatic rings. The summed E-state index contributed by atoms with van der Waals surface area (Å²) in [4.78, 5) is 175. The van der Waals surface area contributed by atoms with Crippen LogP contribution in [0.25, 0.3) is 22.3 Å². The molecule has 0 unspecified atom stereocenters. The maximum absolute atomic E-state index is 12.8. The summed E-state index contributed by atoms with van der Waals surface area (Å²) in [7, 11) is 1.28. The number of amides is 9. The van der Waals surface area contributed by atoms with Crippen LogP contribution in [0.15, 0.2) is 231 Å². The molecule has 0 aliphatic carbocycles. The molecule has 0 aromatic heterocycles. The molecular formula is C114H134N14O19. The van der Waals surface area contributed by atoms with Gasteiger partial charge < -0.3 is 79.0 Å². The maximum atomic E-state index is 12.8. The Bertz CT molecular complexity index is 6250. The number of esters is 1. The number of aromatic carboxylic acids is 1. The van der Waals surface area contributed by atoms with E-state index in [4.69, 9.17) is 29.8 Å². The number of carbonyl (C=O) groups excluding carboxylic acids is 12. The number of fused-ring (bicyclic) bond motifs is 4. The fourth-order valence-corrected chi connectivity index (χ4v) is 18.7. The van der Waals surface area contributed by atoms with Gasteiger partial charge in [-0.25, -0.2) is 28.8 Å². The fraction of sp³-hybridized carbons (Fsp3) is 0.412. The highest BCUT2D eigenvalue weighted by atomic mass is 16.6. The predicted molar refractivity (Wildman–Crippen MR) is 553 cm³/mol. The number of carboxylic acid groups (broad SMARTS) is 1. The van der Waals surface area contributed by atoms with Gasteiger partial charge in [0.15, 0.2) is 12.1 Å². The monoisotopic (exact) mass is 2000 g/mol. The molecule has 9 amide bonds. The Hall–Kier alpha value is -14.5. The lowest BCUT2D eigenvalue weighted by Gasteiger charge is -2.53. The second kappa shape index (κ2) is 46.1. The summed E-state index contributed by atoms with van der Waals surface area (Å²) in [5.41, 5.74) is 17.7. The molecule has 4 N–H and O–H groups in total. The van der Waals surface area contributed by atoms with Crippen molar-refractivity contribution >= 4 is 77.9 Å². The van der Waals surface area contributed by atoms with Gasteiger partial charge >= 0.3 is 36.3 Å². The van der Waals surface area contributed by atoms with Gasteiger partial charge in [-0.1, -0.05) is 176 Å². The van der Waals surface area contributed by atoms with E-state index < -0.39 is 40.4 Å². The largest absolute Gasteiger partial charge is 0.478 e. The topological polar surface area (TPSA) is 365 Å². The molecule has 13 aliphatic heterocycles. The minimum Gasteiger partial charge on any atom is -0.478 e. The van der Waals surface area contributed by atoms with E-state index in [1.165, 1.54) is 17.6 Å². The van der Waals surface area contributed by atoms with Crippen molar-refractivity contribution in [2.45, 2.75) is 180 Å². The molecule has 0 radical (unpaired) electrons. The quantitative estimate of drug-likeness (QED) is 0.0548. The van der Waals surface area contributed by atoms with Crippen molar-refractivity contribution in [3.8, 4) is 22.3 Å². The Morgan fingerprint density at radius 2 is 0.612 bits per heavy atom. The molecule has 9 aromatic carbocycles. The number of ketones is 1. The first-order chi connectivity index (χ1) is 70.0. The number of ether oxygens (including phenoxy) is 5. The van der Waals surface area contributed by atoms with Crippen molar-refractivity contribution < 1.29 is 91.1 Å². The first kappa shape index (κ1) is 107. The summed E-state index contributed by atoms with van der Waals surface area (Å²) in [5, 5.41) is 12.0. The molecule has 0 bridgehead atoms. The molecule has 0 spiro atoms. The number of carbonyl (C=O) groups is 13. The molecule has 33 heteroatoms. The number of hydrogen-bond acceptors (Lipinski definition) is 23. The van der Waals surface area contributed by atoms with E-state index in [9.17, 15) is 62.3 Å². The van der Waals surface area contributed by atoms with Crippen LogP contribution < -0.4 is 11.1 Å².